The lowest BCUT2D eigenvalue weighted by molar-refractivity contribution is 0.0692. The number of nitrogens with zero attached hydrogens (tertiary/aromatic N) is 2. The zero-order valence-electron chi connectivity index (χ0n) is 10.8. The maximum absolute atomic E-state index is 12.0. The lowest BCUT2D eigenvalue weighted by Gasteiger charge is -2.01. The van der Waals surface area contributed by atoms with Gasteiger partial charge in [-0.15, -0.1) is 0 Å². The second kappa shape index (κ2) is 4.60. The van der Waals surface area contributed by atoms with Crippen LogP contribution in [0.1, 0.15) is 32.4 Å². The van der Waals surface area contributed by atoms with Gasteiger partial charge in [0.25, 0.3) is 5.91 Å². The van der Waals surface area contributed by atoms with Gasteiger partial charge in [-0.3, -0.25) is 9.48 Å². The molecule has 0 aliphatic rings. The highest BCUT2D eigenvalue weighted by molar-refractivity contribution is 6.06. The first kappa shape index (κ1) is 12.9. The van der Waals surface area contributed by atoms with Crippen LogP contribution in [0.25, 0.3) is 0 Å². The Kier molecular flexibility index (Phi) is 3.12. The van der Waals surface area contributed by atoms with Gasteiger partial charge in [0.2, 0.25) is 0 Å². The van der Waals surface area contributed by atoms with E-state index in [1.54, 1.807) is 30.8 Å². The van der Waals surface area contributed by atoms with Crippen LogP contribution < -0.4 is 5.32 Å². The van der Waals surface area contributed by atoms with Crippen LogP contribution in [0.5, 0.6) is 0 Å². The summed E-state index contributed by atoms with van der Waals surface area (Å²) in [5.74, 6) is -1.56. The van der Waals surface area contributed by atoms with E-state index in [-0.39, 0.29) is 17.1 Å². The molecule has 0 radical (unpaired) electrons. The molecule has 3 N–H and O–H groups in total. The molecule has 7 nitrogen and oxygen atoms in total. The molecular formula is C12H14N4O3. The lowest BCUT2D eigenvalue weighted by atomic mass is 10.3. The minimum Gasteiger partial charge on any atom is -0.477 e. The van der Waals surface area contributed by atoms with Crippen molar-refractivity contribution in [3.05, 3.63) is 34.9 Å². The largest absolute Gasteiger partial charge is 0.477 e. The van der Waals surface area contributed by atoms with Crippen LogP contribution in [0.2, 0.25) is 0 Å². The van der Waals surface area contributed by atoms with Crippen molar-refractivity contribution >= 4 is 17.6 Å². The number of anilines is 1. The Balaban J connectivity index is 2.26. The van der Waals surface area contributed by atoms with Crippen LogP contribution >= 0.6 is 0 Å². The Hall–Kier alpha value is -2.57. The number of amides is 1. The van der Waals surface area contributed by atoms with E-state index in [1.807, 2.05) is 6.92 Å². The Bertz CT molecular complexity index is 634. The van der Waals surface area contributed by atoms with Gasteiger partial charge in [0, 0.05) is 18.4 Å². The van der Waals surface area contributed by atoms with Crippen molar-refractivity contribution in [1.82, 2.24) is 14.8 Å². The number of aromatic carboxylic acids is 1. The quantitative estimate of drug-likeness (QED) is 0.776. The number of hydrogen-bond donors (Lipinski definition) is 3. The molecule has 0 fully saturated rings. The lowest BCUT2D eigenvalue weighted by Crippen LogP contribution is -2.15. The van der Waals surface area contributed by atoms with Crippen LogP contribution in [0.15, 0.2) is 12.1 Å². The predicted molar refractivity (Wildman–Crippen MR) is 68.4 cm³/mol. The molecule has 0 saturated carbocycles. The average Bonchev–Trinajstić information content (AvgIpc) is 2.83. The van der Waals surface area contributed by atoms with Crippen LogP contribution in [0, 0.1) is 13.8 Å². The molecule has 2 aromatic rings. The van der Waals surface area contributed by atoms with E-state index < -0.39 is 11.9 Å². The van der Waals surface area contributed by atoms with Crippen molar-refractivity contribution in [2.45, 2.75) is 13.8 Å². The van der Waals surface area contributed by atoms with Crippen LogP contribution in [-0.4, -0.2) is 31.7 Å². The standard InChI is InChI=1S/C12H14N4O3/c1-6-4-8(10(13-6)12(18)19)14-11(17)9-5-7(2)16(3)15-9/h4-5,13H,1-3H3,(H,14,17)(H,18,19). The van der Waals surface area contributed by atoms with Gasteiger partial charge in [-0.1, -0.05) is 0 Å². The summed E-state index contributed by atoms with van der Waals surface area (Å²) >= 11 is 0. The van der Waals surface area contributed by atoms with Gasteiger partial charge in [0.05, 0.1) is 5.69 Å². The van der Waals surface area contributed by atoms with E-state index in [0.29, 0.717) is 5.69 Å². The van der Waals surface area contributed by atoms with E-state index in [2.05, 4.69) is 15.4 Å². The first-order valence-corrected chi connectivity index (χ1v) is 5.63. The maximum Gasteiger partial charge on any atom is 0.354 e. The normalized spacial score (nSPS) is 10.5. The highest BCUT2D eigenvalue weighted by Gasteiger charge is 2.17. The number of carbonyl (C=O) groups is 2. The number of carbonyl (C=O) groups excluding carboxylic acids is 1. The molecule has 0 aromatic carbocycles. The molecular weight excluding hydrogens is 248 g/mol. The third-order valence-electron chi connectivity index (χ3n) is 2.76. The SMILES string of the molecule is Cc1cc(NC(=O)c2cc(C)n(C)n2)c(C(=O)O)[nH]1. The van der Waals surface area contributed by atoms with Crippen molar-refractivity contribution in [2.75, 3.05) is 5.32 Å². The minimum atomic E-state index is -1.12. The number of H-pyrrole nitrogens is 1. The third kappa shape index (κ3) is 2.49. The fourth-order valence-electron chi connectivity index (χ4n) is 1.71. The van der Waals surface area contributed by atoms with Gasteiger partial charge < -0.3 is 15.4 Å². The monoisotopic (exact) mass is 262 g/mol. The summed E-state index contributed by atoms with van der Waals surface area (Å²) in [4.78, 5) is 25.7. The zero-order valence-corrected chi connectivity index (χ0v) is 10.8. The topological polar surface area (TPSA) is 100 Å². The minimum absolute atomic E-state index is 0.0431. The second-order valence-corrected chi connectivity index (χ2v) is 4.29. The molecule has 1 amide bonds. The number of aromatic nitrogens is 3. The Labute approximate surface area is 109 Å². The molecule has 2 aromatic heterocycles. The molecule has 7 heteroatoms. The fourth-order valence-corrected chi connectivity index (χ4v) is 1.71. The van der Waals surface area contributed by atoms with E-state index in [9.17, 15) is 9.59 Å². The summed E-state index contributed by atoms with van der Waals surface area (Å²) in [6.45, 7) is 3.54. The number of hydrogen-bond acceptors (Lipinski definition) is 3. The molecule has 2 heterocycles. The van der Waals surface area contributed by atoms with Gasteiger partial charge in [-0.2, -0.15) is 5.10 Å². The Morgan fingerprint density at radius 2 is 2.05 bits per heavy atom. The van der Waals surface area contributed by atoms with Crippen molar-refractivity contribution in [1.29, 1.82) is 0 Å². The third-order valence-corrected chi connectivity index (χ3v) is 2.76. The van der Waals surface area contributed by atoms with Crippen molar-refractivity contribution in [3.8, 4) is 0 Å². The molecule has 19 heavy (non-hydrogen) atoms. The average molecular weight is 262 g/mol. The van der Waals surface area contributed by atoms with Crippen molar-refractivity contribution < 1.29 is 14.7 Å². The van der Waals surface area contributed by atoms with E-state index in [1.165, 1.54) is 0 Å². The first-order chi connectivity index (χ1) is 8.88. The highest BCUT2D eigenvalue weighted by atomic mass is 16.4. The van der Waals surface area contributed by atoms with E-state index >= 15 is 0 Å². The summed E-state index contributed by atoms with van der Waals surface area (Å²) in [5.41, 5.74) is 1.94. The summed E-state index contributed by atoms with van der Waals surface area (Å²) in [6, 6.07) is 3.20. The molecule has 2 rings (SSSR count). The number of carboxylic acid groups (broad SMARTS) is 1. The number of nitrogens with one attached hydrogen (secondary N) is 2. The smallest absolute Gasteiger partial charge is 0.354 e. The van der Waals surface area contributed by atoms with Gasteiger partial charge >= 0.3 is 5.97 Å². The summed E-state index contributed by atoms with van der Waals surface area (Å²) in [7, 11) is 1.73. The van der Waals surface area contributed by atoms with Crippen LogP contribution in [-0.2, 0) is 7.05 Å². The fraction of sp³-hybridized carbons (Fsp3) is 0.250. The van der Waals surface area contributed by atoms with E-state index in [0.717, 1.165) is 5.69 Å². The highest BCUT2D eigenvalue weighted by Crippen LogP contribution is 2.17. The zero-order chi connectivity index (χ0) is 14.2. The number of carboxylic acids is 1. The molecule has 0 bridgehead atoms. The molecule has 100 valence electrons. The van der Waals surface area contributed by atoms with Gasteiger partial charge in [-0.05, 0) is 26.0 Å². The molecule has 0 aliphatic heterocycles. The van der Waals surface area contributed by atoms with Gasteiger partial charge in [0.15, 0.2) is 5.69 Å². The summed E-state index contributed by atoms with van der Waals surface area (Å²) in [5, 5.41) is 15.6. The molecule has 0 atom stereocenters. The molecule has 0 saturated heterocycles. The van der Waals surface area contributed by atoms with Crippen LogP contribution in [0.3, 0.4) is 0 Å². The van der Waals surface area contributed by atoms with E-state index in [4.69, 9.17) is 5.11 Å². The number of aromatic amines is 1. The summed E-state index contributed by atoms with van der Waals surface area (Å²) in [6.07, 6.45) is 0. The number of rotatable bonds is 3. The van der Waals surface area contributed by atoms with Gasteiger partial charge in [-0.25, -0.2) is 4.79 Å². The van der Waals surface area contributed by atoms with Crippen molar-refractivity contribution in [3.63, 3.8) is 0 Å². The second-order valence-electron chi connectivity index (χ2n) is 4.29. The Morgan fingerprint density at radius 3 is 2.58 bits per heavy atom. The van der Waals surface area contributed by atoms with Crippen molar-refractivity contribution in [2.24, 2.45) is 7.05 Å². The van der Waals surface area contributed by atoms with Crippen LogP contribution in [0.4, 0.5) is 5.69 Å². The molecule has 0 aliphatic carbocycles. The Morgan fingerprint density at radius 1 is 1.37 bits per heavy atom. The number of aryl methyl sites for hydroxylation is 3. The molecule has 0 unspecified atom stereocenters. The summed E-state index contributed by atoms with van der Waals surface area (Å²) < 4.78 is 1.58. The van der Waals surface area contributed by atoms with Gasteiger partial charge in [0.1, 0.15) is 5.69 Å². The molecule has 0 spiro atoms. The predicted octanol–water partition coefficient (Wildman–Crippen LogP) is 1.32. The maximum atomic E-state index is 12.0. The first-order valence-electron chi connectivity index (χ1n) is 5.63.